The highest BCUT2D eigenvalue weighted by molar-refractivity contribution is 5.88. The molecule has 0 aromatic carbocycles. The van der Waals surface area contributed by atoms with Gasteiger partial charge in [0.1, 0.15) is 17.9 Å². The third kappa shape index (κ3) is 5.06. The molecule has 0 saturated heterocycles. The van der Waals surface area contributed by atoms with Gasteiger partial charge < -0.3 is 26.2 Å². The normalized spacial score (nSPS) is 28.5. The van der Waals surface area contributed by atoms with E-state index in [4.69, 9.17) is 10.5 Å². The lowest BCUT2D eigenvalue weighted by molar-refractivity contribution is -0.142. The molecule has 2 aliphatic carbocycles. The number of alkyl carbamates (subject to hydrolysis) is 1. The third-order valence-electron chi connectivity index (χ3n) is 5.29. The lowest BCUT2D eigenvalue weighted by Crippen LogP contribution is -2.70. The highest BCUT2D eigenvalue weighted by Gasteiger charge is 2.54. The van der Waals surface area contributed by atoms with E-state index in [1.807, 2.05) is 0 Å². The van der Waals surface area contributed by atoms with Crippen LogP contribution in [0.1, 0.15) is 51.9 Å². The summed E-state index contributed by atoms with van der Waals surface area (Å²) in [5.74, 6) is -1.92. The maximum atomic E-state index is 14.9. The highest BCUT2D eigenvalue weighted by Crippen LogP contribution is 2.39. The average Bonchev–Trinajstić information content (AvgIpc) is 2.98. The van der Waals surface area contributed by atoms with Crippen LogP contribution in [0.3, 0.4) is 0 Å². The molecule has 3 amide bonds. The van der Waals surface area contributed by atoms with Gasteiger partial charge in [-0.2, -0.15) is 0 Å². The zero-order valence-corrected chi connectivity index (χ0v) is 15.3. The molecular weight excluding hydrogens is 364 g/mol. The van der Waals surface area contributed by atoms with Crippen molar-refractivity contribution >= 4 is 17.9 Å². The predicted molar refractivity (Wildman–Crippen MR) is 91.1 cm³/mol. The summed E-state index contributed by atoms with van der Waals surface area (Å²) in [5, 5.41) is 14.7. The molecule has 0 aliphatic heterocycles. The Bertz CT molecular complexity index is 577. The second-order valence-corrected chi connectivity index (χ2v) is 7.44. The molecule has 0 radical (unpaired) electrons. The van der Waals surface area contributed by atoms with Crippen molar-refractivity contribution in [3.8, 4) is 0 Å². The molecule has 2 saturated carbocycles. The summed E-state index contributed by atoms with van der Waals surface area (Å²) in [6.45, 7) is 1.64. The lowest BCUT2D eigenvalue weighted by atomic mass is 9.70. The first kappa shape index (κ1) is 21.3. The first-order valence-electron chi connectivity index (χ1n) is 9.16. The molecule has 8 nitrogen and oxygen atoms in total. The number of nitrogens with one attached hydrogen (secondary N) is 2. The number of carbonyl (C=O) groups is 3. The van der Waals surface area contributed by atoms with E-state index in [1.165, 1.54) is 0 Å². The molecule has 27 heavy (non-hydrogen) atoms. The Hall–Kier alpha value is -1.97. The molecule has 0 aromatic rings. The Morgan fingerprint density at radius 1 is 1.30 bits per heavy atom. The van der Waals surface area contributed by atoms with Gasteiger partial charge in [0.25, 0.3) is 0 Å². The Morgan fingerprint density at radius 2 is 1.89 bits per heavy atom. The van der Waals surface area contributed by atoms with Crippen LogP contribution in [0.15, 0.2) is 0 Å². The van der Waals surface area contributed by atoms with Crippen molar-refractivity contribution in [2.75, 3.05) is 6.61 Å². The van der Waals surface area contributed by atoms with Crippen LogP contribution in [0.25, 0.3) is 0 Å². The molecule has 0 bridgehead atoms. The summed E-state index contributed by atoms with van der Waals surface area (Å²) in [7, 11) is 0. The largest absolute Gasteiger partial charge is 0.450 e. The number of hydrogen-bond acceptors (Lipinski definition) is 5. The fourth-order valence-corrected chi connectivity index (χ4v) is 3.83. The van der Waals surface area contributed by atoms with Crippen molar-refractivity contribution < 1.29 is 33.0 Å². The quantitative estimate of drug-likeness (QED) is 0.481. The summed E-state index contributed by atoms with van der Waals surface area (Å²) in [6.07, 6.45) is -2.96. The molecule has 2 unspecified atom stereocenters. The molecule has 0 spiro atoms. The first-order chi connectivity index (χ1) is 12.6. The maximum Gasteiger partial charge on any atom is 0.407 e. The van der Waals surface area contributed by atoms with Crippen molar-refractivity contribution in [3.63, 3.8) is 0 Å². The molecule has 154 valence electrons. The van der Waals surface area contributed by atoms with Crippen LogP contribution < -0.4 is 16.4 Å². The summed E-state index contributed by atoms with van der Waals surface area (Å²) >= 11 is 0. The molecule has 2 atom stereocenters. The van der Waals surface area contributed by atoms with Crippen molar-refractivity contribution in [1.29, 1.82) is 0 Å². The van der Waals surface area contributed by atoms with E-state index in [0.29, 0.717) is 12.8 Å². The van der Waals surface area contributed by atoms with Crippen LogP contribution in [0, 0.1) is 0 Å². The second kappa shape index (κ2) is 8.37. The van der Waals surface area contributed by atoms with Gasteiger partial charge in [-0.15, -0.1) is 0 Å². The Labute approximate surface area is 156 Å². The van der Waals surface area contributed by atoms with Gasteiger partial charge in [-0.3, -0.25) is 9.59 Å². The van der Waals surface area contributed by atoms with E-state index >= 15 is 0 Å². The van der Waals surface area contributed by atoms with Crippen LogP contribution in [-0.4, -0.2) is 59.1 Å². The summed E-state index contributed by atoms with van der Waals surface area (Å²) in [6, 6.07) is -1.29. The predicted octanol–water partition coefficient (Wildman–Crippen LogP) is 0.607. The molecule has 2 aliphatic rings. The fourth-order valence-electron chi connectivity index (χ4n) is 3.83. The van der Waals surface area contributed by atoms with Gasteiger partial charge >= 0.3 is 6.09 Å². The van der Waals surface area contributed by atoms with Crippen molar-refractivity contribution in [2.45, 2.75) is 81.4 Å². The minimum absolute atomic E-state index is 0.0643. The molecule has 0 aromatic heterocycles. The average molecular weight is 391 g/mol. The standard InChI is InChI=1S/C17H27F2N3O5/c1-2-27-15(26)21-11(9-16(19)5-3-4-6-16)14(25)22-17(7-10(18)8-17)12(23)13(20)24/h10-12,23H,2-9H2,1H3,(H2,20,24)(H,21,26)(H,22,25). The van der Waals surface area contributed by atoms with Gasteiger partial charge in [0.15, 0.2) is 6.10 Å². The number of hydrogen-bond donors (Lipinski definition) is 4. The minimum atomic E-state index is -1.79. The van der Waals surface area contributed by atoms with Gasteiger partial charge in [0.2, 0.25) is 11.8 Å². The van der Waals surface area contributed by atoms with E-state index in [-0.39, 0.29) is 38.7 Å². The number of ether oxygens (including phenoxy) is 1. The Morgan fingerprint density at radius 3 is 2.37 bits per heavy atom. The van der Waals surface area contributed by atoms with Crippen molar-refractivity contribution in [2.24, 2.45) is 5.73 Å². The monoisotopic (exact) mass is 391 g/mol. The minimum Gasteiger partial charge on any atom is -0.450 e. The van der Waals surface area contributed by atoms with Crippen LogP contribution in [0.5, 0.6) is 0 Å². The van der Waals surface area contributed by atoms with Crippen LogP contribution in [0.2, 0.25) is 0 Å². The lowest BCUT2D eigenvalue weighted by Gasteiger charge is -2.47. The van der Waals surface area contributed by atoms with E-state index in [0.717, 1.165) is 0 Å². The summed E-state index contributed by atoms with van der Waals surface area (Å²) in [5.41, 5.74) is 1.92. The summed E-state index contributed by atoms with van der Waals surface area (Å²) in [4.78, 5) is 35.8. The number of nitrogens with two attached hydrogens (primary N) is 1. The van der Waals surface area contributed by atoms with E-state index in [9.17, 15) is 28.3 Å². The number of rotatable bonds is 8. The van der Waals surface area contributed by atoms with Gasteiger partial charge in [-0.1, -0.05) is 12.8 Å². The number of aliphatic hydroxyl groups excluding tert-OH is 1. The van der Waals surface area contributed by atoms with Crippen LogP contribution in [0.4, 0.5) is 13.6 Å². The topological polar surface area (TPSA) is 131 Å². The number of halogens is 2. The van der Waals surface area contributed by atoms with E-state index < -0.39 is 47.4 Å². The summed E-state index contributed by atoms with van der Waals surface area (Å²) < 4.78 is 33.1. The number of alkyl halides is 2. The molecular formula is C17H27F2N3O5. The molecule has 2 rings (SSSR count). The highest BCUT2D eigenvalue weighted by atomic mass is 19.1. The smallest absolute Gasteiger partial charge is 0.407 e. The van der Waals surface area contributed by atoms with Crippen molar-refractivity contribution in [1.82, 2.24) is 10.6 Å². The Balaban J connectivity index is 2.13. The van der Waals surface area contributed by atoms with Crippen LogP contribution in [-0.2, 0) is 14.3 Å². The van der Waals surface area contributed by atoms with Crippen molar-refractivity contribution in [3.05, 3.63) is 0 Å². The zero-order chi connectivity index (χ0) is 20.2. The number of carbonyl (C=O) groups excluding carboxylic acids is 3. The third-order valence-corrected chi connectivity index (χ3v) is 5.29. The van der Waals surface area contributed by atoms with Gasteiger partial charge in [0, 0.05) is 19.3 Å². The Kier molecular flexibility index (Phi) is 6.61. The molecule has 5 N–H and O–H groups in total. The molecule has 10 heteroatoms. The molecule has 0 heterocycles. The van der Waals surface area contributed by atoms with Crippen LogP contribution >= 0.6 is 0 Å². The second-order valence-electron chi connectivity index (χ2n) is 7.44. The maximum absolute atomic E-state index is 14.9. The number of aliphatic hydroxyl groups is 1. The van der Waals surface area contributed by atoms with E-state index in [2.05, 4.69) is 10.6 Å². The zero-order valence-electron chi connectivity index (χ0n) is 15.3. The first-order valence-corrected chi connectivity index (χ1v) is 9.16. The van der Waals surface area contributed by atoms with Gasteiger partial charge in [-0.05, 0) is 19.8 Å². The molecule has 2 fully saturated rings. The van der Waals surface area contributed by atoms with Gasteiger partial charge in [0.05, 0.1) is 12.1 Å². The number of primary amides is 1. The number of amides is 3. The fraction of sp³-hybridized carbons (Fsp3) is 0.824. The SMILES string of the molecule is CCOC(=O)NC(CC1(F)CCCC1)C(=O)NC1(C(O)C(N)=O)CC(F)C1. The van der Waals surface area contributed by atoms with E-state index in [1.54, 1.807) is 6.92 Å². The van der Waals surface area contributed by atoms with Gasteiger partial charge in [-0.25, -0.2) is 13.6 Å².